The van der Waals surface area contributed by atoms with E-state index in [9.17, 15) is 0 Å². The average molecular weight is 453 g/mol. The molecule has 0 N–H and O–H groups in total. The van der Waals surface area contributed by atoms with E-state index in [-0.39, 0.29) is 0 Å². The van der Waals surface area contributed by atoms with Gasteiger partial charge in [0.15, 0.2) is 0 Å². The lowest BCUT2D eigenvalue weighted by molar-refractivity contribution is -0.917. The van der Waals surface area contributed by atoms with Gasteiger partial charge in [0.1, 0.15) is 6.54 Å². The van der Waals surface area contributed by atoms with Crippen LogP contribution >= 0.6 is 0 Å². The van der Waals surface area contributed by atoms with Crippen LogP contribution in [0.25, 0.3) is 0 Å². The van der Waals surface area contributed by atoms with Gasteiger partial charge in [-0.25, -0.2) is 0 Å². The molecule has 1 heteroatoms. The van der Waals surface area contributed by atoms with Crippen molar-refractivity contribution >= 4 is 0 Å². The van der Waals surface area contributed by atoms with Crippen LogP contribution in [0.4, 0.5) is 0 Å². The fourth-order valence-corrected chi connectivity index (χ4v) is 4.58. The number of quaternary nitrogens is 1. The molecule has 1 atom stereocenters. The van der Waals surface area contributed by atoms with Crippen molar-refractivity contribution in [1.82, 2.24) is 0 Å². The van der Waals surface area contributed by atoms with Crippen molar-refractivity contribution in [3.8, 4) is 0 Å². The largest absolute Gasteiger partial charge is 0.319 e. The monoisotopic (exact) mass is 452 g/mol. The molecule has 1 aromatic carbocycles. The van der Waals surface area contributed by atoms with Crippen LogP contribution in [0.2, 0.25) is 0 Å². The van der Waals surface area contributed by atoms with Crippen molar-refractivity contribution in [1.29, 1.82) is 0 Å². The quantitative estimate of drug-likeness (QED) is 0.0988. The van der Waals surface area contributed by atoms with E-state index in [0.29, 0.717) is 0 Å². The van der Waals surface area contributed by atoms with Crippen LogP contribution in [0.1, 0.15) is 109 Å². The molecule has 0 bridgehead atoms. The van der Waals surface area contributed by atoms with Crippen molar-refractivity contribution < 1.29 is 4.48 Å². The Morgan fingerprint density at radius 3 is 1.70 bits per heavy atom. The Bertz CT molecular complexity index is 627. The van der Waals surface area contributed by atoms with Gasteiger partial charge in [0, 0.05) is 5.56 Å². The second kappa shape index (κ2) is 21.0. The van der Waals surface area contributed by atoms with Gasteiger partial charge in [-0.2, -0.15) is 0 Å². The van der Waals surface area contributed by atoms with E-state index in [0.717, 1.165) is 17.6 Å². The van der Waals surface area contributed by atoms with Gasteiger partial charge in [0.2, 0.25) is 0 Å². The molecule has 0 aliphatic rings. The molecule has 33 heavy (non-hydrogen) atoms. The molecule has 0 heterocycles. The fourth-order valence-electron chi connectivity index (χ4n) is 4.58. The van der Waals surface area contributed by atoms with E-state index in [1.54, 1.807) is 0 Å². The zero-order valence-electron chi connectivity index (χ0n) is 22.3. The molecule has 0 aliphatic heterocycles. The van der Waals surface area contributed by atoms with Crippen LogP contribution in [0.3, 0.4) is 0 Å². The van der Waals surface area contributed by atoms with Crippen LogP contribution in [0.15, 0.2) is 66.8 Å². The summed E-state index contributed by atoms with van der Waals surface area (Å²) in [5.41, 5.74) is 1.45. The van der Waals surface area contributed by atoms with Crippen LogP contribution in [0.5, 0.6) is 0 Å². The third kappa shape index (κ3) is 17.5. The number of nitrogens with zero attached hydrogens (tertiary/aromatic N) is 1. The maximum atomic E-state index is 2.43. The number of benzene rings is 1. The fraction of sp³-hybridized carbons (Fsp3) is 0.625. The van der Waals surface area contributed by atoms with Gasteiger partial charge in [-0.3, -0.25) is 0 Å². The van der Waals surface area contributed by atoms with Crippen LogP contribution in [-0.2, 0) is 6.54 Å². The van der Waals surface area contributed by atoms with E-state index in [4.69, 9.17) is 0 Å². The zero-order valence-corrected chi connectivity index (χ0v) is 22.3. The van der Waals surface area contributed by atoms with Crippen LogP contribution in [0, 0.1) is 0 Å². The first-order chi connectivity index (χ1) is 16.2. The molecule has 0 aromatic heterocycles. The maximum Gasteiger partial charge on any atom is 0.104 e. The van der Waals surface area contributed by atoms with E-state index in [1.807, 2.05) is 0 Å². The zero-order chi connectivity index (χ0) is 23.9. The van der Waals surface area contributed by atoms with Crippen LogP contribution < -0.4 is 0 Å². The van der Waals surface area contributed by atoms with Gasteiger partial charge in [-0.1, -0.05) is 145 Å². The van der Waals surface area contributed by atoms with Crippen molar-refractivity contribution in [3.05, 3.63) is 72.4 Å². The Labute approximate surface area is 207 Å². The lowest BCUT2D eigenvalue weighted by Gasteiger charge is -2.34. The summed E-state index contributed by atoms with van der Waals surface area (Å²) in [5.74, 6) is 0. The molecule has 0 fully saturated rings. The number of allylic oxidation sites excluding steroid dienone is 5. The van der Waals surface area contributed by atoms with Crippen molar-refractivity contribution in [2.45, 2.75) is 110 Å². The first kappa shape index (κ1) is 29.4. The molecule has 0 amide bonds. The summed E-state index contributed by atoms with van der Waals surface area (Å²) in [6.45, 7) is 7.82. The lowest BCUT2D eigenvalue weighted by atomic mass is 10.0. The highest BCUT2D eigenvalue weighted by atomic mass is 15.3. The Kier molecular flexibility index (Phi) is 18.7. The summed E-state index contributed by atoms with van der Waals surface area (Å²) in [5, 5.41) is 0. The van der Waals surface area contributed by atoms with Gasteiger partial charge < -0.3 is 4.48 Å². The summed E-state index contributed by atoms with van der Waals surface area (Å²) in [7, 11) is 2.43. The van der Waals surface area contributed by atoms with Gasteiger partial charge in [-0.15, -0.1) is 0 Å². The topological polar surface area (TPSA) is 0 Å². The van der Waals surface area contributed by atoms with Crippen molar-refractivity contribution in [2.75, 3.05) is 20.1 Å². The second-order valence-electron chi connectivity index (χ2n) is 10.1. The highest BCUT2D eigenvalue weighted by molar-refractivity contribution is 5.14. The summed E-state index contributed by atoms with van der Waals surface area (Å²) < 4.78 is 1.09. The molecule has 0 radical (unpaired) electrons. The van der Waals surface area contributed by atoms with Crippen molar-refractivity contribution in [3.63, 3.8) is 0 Å². The number of likely N-dealkylation sites (N-methyl/N-ethyl adjacent to an activating group) is 1. The predicted molar refractivity (Wildman–Crippen MR) is 149 cm³/mol. The minimum absolute atomic E-state index is 1.09. The molecule has 1 unspecified atom stereocenters. The predicted octanol–water partition coefficient (Wildman–Crippen LogP) is 9.80. The Hall–Kier alpha value is -1.60. The maximum absolute atomic E-state index is 2.43. The number of hydrogen-bond donors (Lipinski definition) is 0. The normalized spacial score (nSPS) is 14.0. The SMILES string of the molecule is C/C=C/C=C/C=C/C[N+](C)(CCCCCCCCCCCCCCCC)Cc1ccccc1. The lowest BCUT2D eigenvalue weighted by Crippen LogP contribution is -2.44. The first-order valence-corrected chi connectivity index (χ1v) is 14.0. The Balaban J connectivity index is 2.21. The number of hydrogen-bond acceptors (Lipinski definition) is 0. The van der Waals surface area contributed by atoms with Crippen molar-refractivity contribution in [2.24, 2.45) is 0 Å². The van der Waals surface area contributed by atoms with Crippen LogP contribution in [-0.4, -0.2) is 24.6 Å². The minimum Gasteiger partial charge on any atom is -0.319 e. The summed E-state index contributed by atoms with van der Waals surface area (Å²) in [6, 6.07) is 11.0. The summed E-state index contributed by atoms with van der Waals surface area (Å²) >= 11 is 0. The van der Waals surface area contributed by atoms with Gasteiger partial charge in [0.25, 0.3) is 0 Å². The first-order valence-electron chi connectivity index (χ1n) is 14.0. The molecular formula is C32H54N+. The number of rotatable bonds is 21. The molecule has 1 aromatic rings. The molecule has 0 saturated carbocycles. The third-order valence-corrected chi connectivity index (χ3v) is 6.67. The molecule has 186 valence electrons. The van der Waals surface area contributed by atoms with Gasteiger partial charge in [-0.05, 0) is 25.8 Å². The van der Waals surface area contributed by atoms with E-state index < -0.39 is 0 Å². The van der Waals surface area contributed by atoms with E-state index in [1.165, 1.54) is 102 Å². The molecule has 1 rings (SSSR count). The third-order valence-electron chi connectivity index (χ3n) is 6.67. The molecular weight excluding hydrogens is 398 g/mol. The summed E-state index contributed by atoms with van der Waals surface area (Å²) in [6.07, 6.45) is 32.9. The number of unbranched alkanes of at least 4 members (excludes halogenated alkanes) is 13. The van der Waals surface area contributed by atoms with E-state index >= 15 is 0 Å². The molecule has 0 spiro atoms. The molecule has 1 nitrogen and oxygen atoms in total. The Morgan fingerprint density at radius 1 is 0.636 bits per heavy atom. The highest BCUT2D eigenvalue weighted by Gasteiger charge is 2.20. The smallest absolute Gasteiger partial charge is 0.104 e. The second-order valence-corrected chi connectivity index (χ2v) is 10.1. The summed E-state index contributed by atoms with van der Waals surface area (Å²) in [4.78, 5) is 0. The van der Waals surface area contributed by atoms with E-state index in [2.05, 4.69) is 87.7 Å². The minimum atomic E-state index is 1.09. The van der Waals surface area contributed by atoms with Gasteiger partial charge in [0.05, 0.1) is 20.1 Å². The standard InChI is InChI=1S/C32H54N/c1-4-6-8-10-12-13-14-15-16-17-18-19-21-26-30-33(3,29-25-20-11-9-7-5-2)31-32-27-23-22-24-28-32/h5,7,9,11,20,22-25,27-28H,4,6,8,10,12-19,21,26,29-31H2,1-3H3/q+1/b7-5+,11-9+,25-20+. The molecule has 0 aliphatic carbocycles. The molecule has 0 saturated heterocycles. The average Bonchev–Trinajstić information content (AvgIpc) is 2.82. The Morgan fingerprint density at radius 2 is 1.15 bits per heavy atom. The van der Waals surface area contributed by atoms with Gasteiger partial charge >= 0.3 is 0 Å². The highest BCUT2D eigenvalue weighted by Crippen LogP contribution is 2.16.